The standard InChI is InChI=1S/C16H15ClFNO2/c1-21-15-7-4-12(8-14(15)17)10-19-16(20)9-11-2-5-13(18)6-3-11/h2-8H,9-10H2,1H3,(H,19,20). The minimum Gasteiger partial charge on any atom is -0.495 e. The molecule has 2 aromatic rings. The van der Waals surface area contributed by atoms with Crippen molar-refractivity contribution in [3.63, 3.8) is 0 Å². The fraction of sp³-hybridized carbons (Fsp3) is 0.188. The van der Waals surface area contributed by atoms with E-state index in [2.05, 4.69) is 5.32 Å². The molecular weight excluding hydrogens is 293 g/mol. The molecule has 0 saturated heterocycles. The molecule has 0 spiro atoms. The van der Waals surface area contributed by atoms with Gasteiger partial charge in [0.1, 0.15) is 11.6 Å². The van der Waals surface area contributed by atoms with Crippen LogP contribution in [0.5, 0.6) is 5.75 Å². The predicted molar refractivity (Wildman–Crippen MR) is 80.0 cm³/mol. The molecule has 110 valence electrons. The lowest BCUT2D eigenvalue weighted by atomic mass is 10.1. The number of carbonyl (C=O) groups is 1. The number of methoxy groups -OCH3 is 1. The number of ether oxygens (including phenoxy) is 1. The molecule has 0 aromatic heterocycles. The second-order valence-electron chi connectivity index (χ2n) is 4.55. The highest BCUT2D eigenvalue weighted by Crippen LogP contribution is 2.24. The molecule has 2 rings (SSSR count). The van der Waals surface area contributed by atoms with Crippen molar-refractivity contribution in [2.45, 2.75) is 13.0 Å². The first-order valence-electron chi connectivity index (χ1n) is 6.42. The molecule has 0 unspecified atom stereocenters. The maximum Gasteiger partial charge on any atom is 0.224 e. The Balaban J connectivity index is 1.89. The third-order valence-corrected chi connectivity index (χ3v) is 3.28. The molecule has 0 aliphatic heterocycles. The zero-order valence-corrected chi connectivity index (χ0v) is 12.3. The molecule has 1 amide bonds. The summed E-state index contributed by atoms with van der Waals surface area (Å²) < 4.78 is 17.8. The molecule has 0 aliphatic carbocycles. The fourth-order valence-corrected chi connectivity index (χ4v) is 2.15. The second kappa shape index (κ2) is 7.09. The Labute approximate surface area is 127 Å². The molecule has 0 bridgehead atoms. The molecule has 21 heavy (non-hydrogen) atoms. The molecular formula is C16H15ClFNO2. The molecule has 3 nitrogen and oxygen atoms in total. The molecule has 0 radical (unpaired) electrons. The second-order valence-corrected chi connectivity index (χ2v) is 4.96. The molecule has 0 aliphatic rings. The topological polar surface area (TPSA) is 38.3 Å². The molecule has 0 atom stereocenters. The van der Waals surface area contributed by atoms with E-state index in [1.165, 1.54) is 12.1 Å². The third kappa shape index (κ3) is 4.46. The number of nitrogens with one attached hydrogen (secondary N) is 1. The number of halogens is 2. The van der Waals surface area contributed by atoms with E-state index >= 15 is 0 Å². The summed E-state index contributed by atoms with van der Waals surface area (Å²) in [6, 6.07) is 11.2. The van der Waals surface area contributed by atoms with Gasteiger partial charge in [0.25, 0.3) is 0 Å². The lowest BCUT2D eigenvalue weighted by Crippen LogP contribution is -2.24. The molecule has 0 fully saturated rings. The van der Waals surface area contributed by atoms with Crippen molar-refractivity contribution in [3.8, 4) is 5.75 Å². The zero-order chi connectivity index (χ0) is 15.2. The van der Waals surface area contributed by atoms with E-state index in [0.717, 1.165) is 11.1 Å². The van der Waals surface area contributed by atoms with Crippen molar-refractivity contribution in [1.82, 2.24) is 5.32 Å². The minimum atomic E-state index is -0.313. The Morgan fingerprint density at radius 2 is 1.86 bits per heavy atom. The Bertz CT molecular complexity index is 629. The lowest BCUT2D eigenvalue weighted by molar-refractivity contribution is -0.120. The first-order valence-corrected chi connectivity index (χ1v) is 6.80. The summed E-state index contributed by atoms with van der Waals surface area (Å²) in [7, 11) is 1.55. The Morgan fingerprint density at radius 1 is 1.19 bits per heavy atom. The summed E-state index contributed by atoms with van der Waals surface area (Å²) in [6.45, 7) is 0.379. The summed E-state index contributed by atoms with van der Waals surface area (Å²) >= 11 is 6.02. The van der Waals surface area contributed by atoms with Gasteiger partial charge in [-0.15, -0.1) is 0 Å². The smallest absolute Gasteiger partial charge is 0.224 e. The van der Waals surface area contributed by atoms with Crippen LogP contribution >= 0.6 is 11.6 Å². The highest BCUT2D eigenvalue weighted by atomic mass is 35.5. The van der Waals surface area contributed by atoms with Gasteiger partial charge >= 0.3 is 0 Å². The van der Waals surface area contributed by atoms with Crippen molar-refractivity contribution < 1.29 is 13.9 Å². The predicted octanol–water partition coefficient (Wildman–Crippen LogP) is 3.35. The third-order valence-electron chi connectivity index (χ3n) is 2.98. The summed E-state index contributed by atoms with van der Waals surface area (Å²) in [4.78, 5) is 11.8. The van der Waals surface area contributed by atoms with Crippen LogP contribution in [0.2, 0.25) is 5.02 Å². The quantitative estimate of drug-likeness (QED) is 0.920. The van der Waals surface area contributed by atoms with Crippen molar-refractivity contribution in [2.24, 2.45) is 0 Å². The first kappa shape index (κ1) is 15.3. The molecule has 1 N–H and O–H groups in total. The molecule has 0 heterocycles. The lowest BCUT2D eigenvalue weighted by Gasteiger charge is -2.08. The maximum absolute atomic E-state index is 12.8. The van der Waals surface area contributed by atoms with Gasteiger partial charge in [-0.3, -0.25) is 4.79 Å². The summed E-state index contributed by atoms with van der Waals surface area (Å²) in [5.74, 6) is 0.152. The maximum atomic E-state index is 12.8. The van der Waals surface area contributed by atoms with E-state index in [1.807, 2.05) is 6.07 Å². The van der Waals surface area contributed by atoms with Gasteiger partial charge in [-0.05, 0) is 35.4 Å². The Morgan fingerprint density at radius 3 is 2.48 bits per heavy atom. The largest absolute Gasteiger partial charge is 0.495 e. The minimum absolute atomic E-state index is 0.131. The fourth-order valence-electron chi connectivity index (χ4n) is 1.87. The van der Waals surface area contributed by atoms with E-state index in [4.69, 9.17) is 16.3 Å². The summed E-state index contributed by atoms with van der Waals surface area (Å²) in [5, 5.41) is 3.30. The van der Waals surface area contributed by atoms with Gasteiger partial charge in [0.05, 0.1) is 18.6 Å². The van der Waals surface area contributed by atoms with Crippen LogP contribution in [0.15, 0.2) is 42.5 Å². The average molecular weight is 308 g/mol. The normalized spacial score (nSPS) is 10.2. The number of hydrogen-bond acceptors (Lipinski definition) is 2. The van der Waals surface area contributed by atoms with Crippen molar-refractivity contribution in [3.05, 3.63) is 64.4 Å². The zero-order valence-electron chi connectivity index (χ0n) is 11.5. The van der Waals surface area contributed by atoms with Crippen LogP contribution in [0.1, 0.15) is 11.1 Å². The van der Waals surface area contributed by atoms with Gasteiger partial charge in [-0.2, -0.15) is 0 Å². The molecule has 5 heteroatoms. The Hall–Kier alpha value is -2.07. The first-order chi connectivity index (χ1) is 10.1. The van der Waals surface area contributed by atoms with Crippen LogP contribution in [-0.2, 0) is 17.8 Å². The number of benzene rings is 2. The summed E-state index contributed by atoms with van der Waals surface area (Å²) in [6.07, 6.45) is 0.212. The van der Waals surface area contributed by atoms with E-state index in [1.54, 1.807) is 31.4 Å². The van der Waals surface area contributed by atoms with Crippen molar-refractivity contribution in [1.29, 1.82) is 0 Å². The molecule has 2 aromatic carbocycles. The Kier molecular flexibility index (Phi) is 5.17. The van der Waals surface area contributed by atoms with Crippen LogP contribution in [0.3, 0.4) is 0 Å². The number of rotatable bonds is 5. The van der Waals surface area contributed by atoms with E-state index in [0.29, 0.717) is 17.3 Å². The van der Waals surface area contributed by atoms with Crippen LogP contribution in [0.25, 0.3) is 0 Å². The van der Waals surface area contributed by atoms with Crippen LogP contribution in [0.4, 0.5) is 4.39 Å². The number of hydrogen-bond donors (Lipinski definition) is 1. The average Bonchev–Trinajstić information content (AvgIpc) is 2.48. The van der Waals surface area contributed by atoms with Crippen LogP contribution < -0.4 is 10.1 Å². The van der Waals surface area contributed by atoms with Gasteiger partial charge in [-0.1, -0.05) is 29.8 Å². The van der Waals surface area contributed by atoms with Crippen LogP contribution in [0, 0.1) is 5.82 Å². The number of carbonyl (C=O) groups excluding carboxylic acids is 1. The summed E-state index contributed by atoms with van der Waals surface area (Å²) in [5.41, 5.74) is 1.65. The van der Waals surface area contributed by atoms with E-state index in [-0.39, 0.29) is 18.1 Å². The SMILES string of the molecule is COc1ccc(CNC(=O)Cc2ccc(F)cc2)cc1Cl. The van der Waals surface area contributed by atoms with Gasteiger partial charge in [0.2, 0.25) is 5.91 Å². The van der Waals surface area contributed by atoms with Crippen LogP contribution in [-0.4, -0.2) is 13.0 Å². The highest BCUT2D eigenvalue weighted by molar-refractivity contribution is 6.32. The van der Waals surface area contributed by atoms with Gasteiger partial charge in [-0.25, -0.2) is 4.39 Å². The van der Waals surface area contributed by atoms with Gasteiger partial charge in [0.15, 0.2) is 0 Å². The monoisotopic (exact) mass is 307 g/mol. The van der Waals surface area contributed by atoms with Crippen molar-refractivity contribution in [2.75, 3.05) is 7.11 Å². The van der Waals surface area contributed by atoms with E-state index < -0.39 is 0 Å². The number of amides is 1. The highest BCUT2D eigenvalue weighted by Gasteiger charge is 2.05. The van der Waals surface area contributed by atoms with Gasteiger partial charge in [0, 0.05) is 6.54 Å². The van der Waals surface area contributed by atoms with Gasteiger partial charge < -0.3 is 10.1 Å². The van der Waals surface area contributed by atoms with E-state index in [9.17, 15) is 9.18 Å². The van der Waals surface area contributed by atoms with Crippen molar-refractivity contribution >= 4 is 17.5 Å². The molecule has 0 saturated carbocycles.